The van der Waals surface area contributed by atoms with Crippen molar-refractivity contribution in [1.82, 2.24) is 20.1 Å². The minimum atomic E-state index is -1.06. The molecule has 210 valence electrons. The summed E-state index contributed by atoms with van der Waals surface area (Å²) < 4.78 is 19.9. The van der Waals surface area contributed by atoms with Gasteiger partial charge in [0, 0.05) is 44.1 Å². The Labute approximate surface area is 225 Å². The maximum absolute atomic E-state index is 13.4. The van der Waals surface area contributed by atoms with Gasteiger partial charge in [-0.15, -0.1) is 0 Å². The maximum atomic E-state index is 13.4. The fraction of sp³-hybridized carbons (Fsp3) is 0.462. The lowest BCUT2D eigenvalue weighted by Crippen LogP contribution is -2.56. The smallest absolute Gasteiger partial charge is 0.409 e. The highest BCUT2D eigenvalue weighted by Gasteiger charge is 2.31. The van der Waals surface area contributed by atoms with Crippen molar-refractivity contribution in [1.29, 1.82) is 0 Å². The number of rotatable bonds is 10. The highest BCUT2D eigenvalue weighted by Crippen LogP contribution is 2.25. The second-order valence-corrected chi connectivity index (χ2v) is 8.54. The Balaban J connectivity index is 1.79. The molecule has 1 atom stereocenters. The molecule has 1 fully saturated rings. The van der Waals surface area contributed by atoms with Crippen LogP contribution in [0.25, 0.3) is 10.9 Å². The molecule has 1 aromatic carbocycles. The van der Waals surface area contributed by atoms with Crippen LogP contribution in [0.4, 0.5) is 4.79 Å². The van der Waals surface area contributed by atoms with Crippen molar-refractivity contribution in [3.8, 4) is 5.75 Å². The Morgan fingerprint density at radius 2 is 1.64 bits per heavy atom. The Bertz CT molecular complexity index is 1210. The molecule has 2 heterocycles. The molecule has 13 nitrogen and oxygen atoms in total. The van der Waals surface area contributed by atoms with Crippen molar-refractivity contribution in [2.45, 2.75) is 25.8 Å². The van der Waals surface area contributed by atoms with E-state index >= 15 is 0 Å². The lowest BCUT2D eigenvalue weighted by Gasteiger charge is -2.36. The van der Waals surface area contributed by atoms with Gasteiger partial charge < -0.3 is 34.1 Å². The molecule has 0 spiro atoms. The van der Waals surface area contributed by atoms with E-state index in [0.717, 1.165) is 0 Å². The standard InChI is InChI=1S/C26H32N4O9/c1-4-38-26(35)30-13-11-29(12-14-30)25(34)19(9-10-22(31)36-2)28-24(33)20-15-21(39-16-23(32)37-3)17-7-5-6-8-18(17)27-20/h5-8,15,19H,4,9-14,16H2,1-3H3,(H,28,33). The number of methoxy groups -OCH3 is 2. The van der Waals surface area contributed by atoms with Crippen molar-refractivity contribution in [2.75, 3.05) is 53.6 Å². The van der Waals surface area contributed by atoms with Gasteiger partial charge in [0.2, 0.25) is 5.91 Å². The SMILES string of the molecule is CCOC(=O)N1CCN(C(=O)C(CCC(=O)OC)NC(=O)c2cc(OCC(=O)OC)c3ccccc3n2)CC1. The van der Waals surface area contributed by atoms with Crippen molar-refractivity contribution in [3.63, 3.8) is 0 Å². The number of amides is 3. The molecule has 3 amide bonds. The zero-order valence-corrected chi connectivity index (χ0v) is 22.1. The molecule has 0 radical (unpaired) electrons. The van der Waals surface area contributed by atoms with E-state index in [1.54, 1.807) is 31.2 Å². The van der Waals surface area contributed by atoms with Crippen LogP contribution in [0.1, 0.15) is 30.3 Å². The summed E-state index contributed by atoms with van der Waals surface area (Å²) >= 11 is 0. The molecule has 0 bridgehead atoms. The topological polar surface area (TPSA) is 154 Å². The molecule has 1 aromatic heterocycles. The molecule has 1 saturated heterocycles. The van der Waals surface area contributed by atoms with E-state index in [0.29, 0.717) is 10.9 Å². The molecule has 1 aliphatic heterocycles. The predicted molar refractivity (Wildman–Crippen MR) is 137 cm³/mol. The fourth-order valence-corrected chi connectivity index (χ4v) is 3.97. The molecule has 39 heavy (non-hydrogen) atoms. The van der Waals surface area contributed by atoms with Gasteiger partial charge in [-0.05, 0) is 25.5 Å². The van der Waals surface area contributed by atoms with E-state index in [9.17, 15) is 24.0 Å². The number of aromatic nitrogens is 1. The molecule has 0 aliphatic carbocycles. The number of nitrogens with zero attached hydrogens (tertiary/aromatic N) is 3. The zero-order valence-electron chi connectivity index (χ0n) is 22.1. The van der Waals surface area contributed by atoms with Gasteiger partial charge in [-0.2, -0.15) is 0 Å². The summed E-state index contributed by atoms with van der Waals surface area (Å²) in [5, 5.41) is 3.26. The van der Waals surface area contributed by atoms with Crippen LogP contribution < -0.4 is 10.1 Å². The third-order valence-corrected chi connectivity index (χ3v) is 6.07. The quantitative estimate of drug-likeness (QED) is 0.340. The number of nitrogens with one attached hydrogen (secondary N) is 1. The summed E-state index contributed by atoms with van der Waals surface area (Å²) in [5.74, 6) is -1.96. The summed E-state index contributed by atoms with van der Waals surface area (Å²) in [6.07, 6.45) is -0.559. The van der Waals surface area contributed by atoms with Gasteiger partial charge in [0.15, 0.2) is 6.61 Å². The van der Waals surface area contributed by atoms with E-state index in [2.05, 4.69) is 15.0 Å². The fourth-order valence-electron chi connectivity index (χ4n) is 3.97. The molecule has 3 rings (SSSR count). The third kappa shape index (κ3) is 7.79. The van der Waals surface area contributed by atoms with Gasteiger partial charge >= 0.3 is 18.0 Å². The second kappa shape index (κ2) is 13.9. The van der Waals surface area contributed by atoms with Crippen molar-refractivity contribution in [3.05, 3.63) is 36.0 Å². The molecule has 13 heteroatoms. The van der Waals surface area contributed by atoms with Crippen LogP contribution in [0.3, 0.4) is 0 Å². The lowest BCUT2D eigenvalue weighted by molar-refractivity contribution is -0.143. The van der Waals surface area contributed by atoms with Crippen LogP contribution in [0.15, 0.2) is 30.3 Å². The first-order valence-corrected chi connectivity index (χ1v) is 12.4. The first-order valence-electron chi connectivity index (χ1n) is 12.4. The average molecular weight is 545 g/mol. The van der Waals surface area contributed by atoms with Gasteiger partial charge in [0.1, 0.15) is 17.5 Å². The highest BCUT2D eigenvalue weighted by molar-refractivity contribution is 5.99. The maximum Gasteiger partial charge on any atom is 0.409 e. The summed E-state index contributed by atoms with van der Waals surface area (Å²) in [4.78, 5) is 69.5. The third-order valence-electron chi connectivity index (χ3n) is 6.07. The van der Waals surface area contributed by atoms with Crippen LogP contribution in [-0.2, 0) is 28.6 Å². The summed E-state index contributed by atoms with van der Waals surface area (Å²) in [6.45, 7) is 2.61. The van der Waals surface area contributed by atoms with Gasteiger partial charge in [0.05, 0.1) is 26.3 Å². The Morgan fingerprint density at radius 1 is 0.974 bits per heavy atom. The van der Waals surface area contributed by atoms with Crippen molar-refractivity contribution >= 4 is 40.7 Å². The molecular formula is C26H32N4O9. The van der Waals surface area contributed by atoms with E-state index in [4.69, 9.17) is 14.2 Å². The van der Waals surface area contributed by atoms with Crippen LogP contribution in [-0.4, -0.2) is 104 Å². The molecule has 2 aromatic rings. The number of carbonyl (C=O) groups is 5. The number of hydrogen-bond acceptors (Lipinski definition) is 10. The lowest BCUT2D eigenvalue weighted by atomic mass is 10.1. The zero-order chi connectivity index (χ0) is 28.4. The number of para-hydroxylation sites is 1. The van der Waals surface area contributed by atoms with Gasteiger partial charge in [0.25, 0.3) is 5.91 Å². The van der Waals surface area contributed by atoms with E-state index in [1.165, 1.54) is 30.1 Å². The normalized spacial score (nSPS) is 13.8. The number of ether oxygens (including phenoxy) is 4. The summed E-state index contributed by atoms with van der Waals surface area (Å²) in [5.41, 5.74) is 0.397. The predicted octanol–water partition coefficient (Wildman–Crippen LogP) is 1.14. The van der Waals surface area contributed by atoms with Crippen LogP contribution in [0.5, 0.6) is 5.75 Å². The van der Waals surface area contributed by atoms with Gasteiger partial charge in [-0.3, -0.25) is 14.4 Å². The van der Waals surface area contributed by atoms with Crippen molar-refractivity contribution in [2.24, 2.45) is 0 Å². The van der Waals surface area contributed by atoms with E-state index < -0.39 is 35.9 Å². The second-order valence-electron chi connectivity index (χ2n) is 8.54. The summed E-state index contributed by atoms with van der Waals surface area (Å²) in [7, 11) is 2.47. The number of benzene rings is 1. The first kappa shape index (κ1) is 29.1. The number of piperazine rings is 1. The number of hydrogen-bond donors (Lipinski definition) is 1. The van der Waals surface area contributed by atoms with Crippen LogP contribution >= 0.6 is 0 Å². The van der Waals surface area contributed by atoms with Crippen LogP contribution in [0, 0.1) is 0 Å². The minimum absolute atomic E-state index is 0.00534. The van der Waals surface area contributed by atoms with E-state index in [1.807, 2.05) is 0 Å². The highest BCUT2D eigenvalue weighted by atomic mass is 16.6. The number of esters is 2. The Kier molecular flexibility index (Phi) is 10.4. The number of fused-ring (bicyclic) bond motifs is 1. The Hall–Kier alpha value is -4.42. The molecule has 1 aliphatic rings. The van der Waals surface area contributed by atoms with Crippen molar-refractivity contribution < 1.29 is 42.9 Å². The molecular weight excluding hydrogens is 512 g/mol. The largest absolute Gasteiger partial charge is 0.481 e. The van der Waals surface area contributed by atoms with E-state index in [-0.39, 0.29) is 63.7 Å². The average Bonchev–Trinajstić information content (AvgIpc) is 2.97. The molecule has 1 N–H and O–H groups in total. The monoisotopic (exact) mass is 544 g/mol. The van der Waals surface area contributed by atoms with Crippen LogP contribution in [0.2, 0.25) is 0 Å². The number of pyridine rings is 1. The number of carbonyl (C=O) groups excluding carboxylic acids is 5. The van der Waals surface area contributed by atoms with Gasteiger partial charge in [-0.25, -0.2) is 14.6 Å². The molecule has 1 unspecified atom stereocenters. The summed E-state index contributed by atoms with van der Waals surface area (Å²) in [6, 6.07) is 7.23. The Morgan fingerprint density at radius 3 is 2.31 bits per heavy atom. The minimum Gasteiger partial charge on any atom is -0.481 e. The molecule has 0 saturated carbocycles. The first-order chi connectivity index (χ1) is 18.8. The van der Waals surface area contributed by atoms with Gasteiger partial charge in [-0.1, -0.05) is 12.1 Å².